The lowest BCUT2D eigenvalue weighted by Gasteiger charge is -2.22. The van der Waals surface area contributed by atoms with Crippen molar-refractivity contribution in [3.05, 3.63) is 202 Å². The number of hydrogen-bond acceptors (Lipinski definition) is 7. The number of aliphatic imine (C=N–C) groups is 1. The summed E-state index contributed by atoms with van der Waals surface area (Å²) in [5, 5.41) is 20.4. The lowest BCUT2D eigenvalue weighted by Crippen LogP contribution is -2.26. The maximum atomic E-state index is 10.7. The van der Waals surface area contributed by atoms with Crippen LogP contribution in [0.25, 0.3) is 0 Å². The summed E-state index contributed by atoms with van der Waals surface area (Å²) in [4.78, 5) is 15.4. The molecule has 57 heavy (non-hydrogen) atoms. The maximum absolute atomic E-state index is 10.7. The van der Waals surface area contributed by atoms with Gasteiger partial charge < -0.3 is 27.4 Å². The van der Waals surface area contributed by atoms with E-state index < -0.39 is 0 Å². The number of rotatable bonds is 9. The van der Waals surface area contributed by atoms with Crippen LogP contribution in [-0.4, -0.2) is 22.7 Å². The summed E-state index contributed by atoms with van der Waals surface area (Å²) < 4.78 is 0. The second kappa shape index (κ2) is 20.3. The topological polar surface area (TPSA) is 148 Å². The summed E-state index contributed by atoms with van der Waals surface area (Å²) in [6.07, 6.45) is 2.41. The van der Waals surface area contributed by atoms with Crippen molar-refractivity contribution in [2.24, 2.45) is 22.2 Å². The highest BCUT2D eigenvalue weighted by Crippen LogP contribution is 2.35. The summed E-state index contributed by atoms with van der Waals surface area (Å²) in [5.41, 5.74) is 25.6. The fourth-order valence-corrected chi connectivity index (χ4v) is 6.35. The molecule has 2 unspecified atom stereocenters. The number of aromatic hydroxyl groups is 2. The number of carbonyl (C=O) groups is 1. The number of hydrogen-bond donors (Lipinski definition) is 5. The lowest BCUT2D eigenvalue weighted by molar-refractivity contribution is 0.112. The van der Waals surface area contributed by atoms with Crippen LogP contribution in [0.5, 0.6) is 11.5 Å². The summed E-state index contributed by atoms with van der Waals surface area (Å²) in [6, 6.07) is 50.1. The van der Waals surface area contributed by atoms with Crippen LogP contribution in [0.2, 0.25) is 0 Å². The first-order valence-electron chi connectivity index (χ1n) is 19.2. The third-order valence-corrected chi connectivity index (χ3v) is 9.67. The smallest absolute Gasteiger partial charge is 0.153 e. The molecular formula is C50H58N4O3. The highest BCUT2D eigenvalue weighted by molar-refractivity contribution is 5.84. The van der Waals surface area contributed by atoms with Crippen molar-refractivity contribution in [2.45, 2.75) is 76.5 Å². The molecule has 0 bridgehead atoms. The van der Waals surface area contributed by atoms with Crippen molar-refractivity contribution in [1.82, 2.24) is 0 Å². The van der Waals surface area contributed by atoms with Gasteiger partial charge in [-0.3, -0.25) is 9.79 Å². The fraction of sp³-hybridized carbons (Fsp3) is 0.240. The molecular weight excluding hydrogens is 705 g/mol. The lowest BCUT2D eigenvalue weighted by atomic mass is 9.85. The average Bonchev–Trinajstić information content (AvgIpc) is 3.22. The van der Waals surface area contributed by atoms with Crippen LogP contribution in [0.1, 0.15) is 115 Å². The van der Waals surface area contributed by atoms with Crippen molar-refractivity contribution in [2.75, 3.05) is 0 Å². The van der Waals surface area contributed by atoms with Gasteiger partial charge >= 0.3 is 0 Å². The second-order valence-electron chi connectivity index (χ2n) is 16.0. The van der Waals surface area contributed by atoms with Crippen LogP contribution >= 0.6 is 0 Å². The molecule has 7 nitrogen and oxygen atoms in total. The van der Waals surface area contributed by atoms with Crippen LogP contribution in [0.15, 0.2) is 163 Å². The highest BCUT2D eigenvalue weighted by Gasteiger charge is 2.23. The highest BCUT2D eigenvalue weighted by atomic mass is 16.3. The fourth-order valence-electron chi connectivity index (χ4n) is 6.35. The van der Waals surface area contributed by atoms with E-state index in [-0.39, 0.29) is 46.5 Å². The molecule has 0 aliphatic heterocycles. The Kier molecular flexibility index (Phi) is 15.7. The Bertz CT molecular complexity index is 2100. The van der Waals surface area contributed by atoms with E-state index in [9.17, 15) is 15.0 Å². The van der Waals surface area contributed by atoms with Gasteiger partial charge in [0.05, 0.1) is 17.6 Å². The average molecular weight is 763 g/mol. The molecule has 6 rings (SSSR count). The minimum Gasteiger partial charge on any atom is -0.507 e. The predicted molar refractivity (Wildman–Crippen MR) is 236 cm³/mol. The van der Waals surface area contributed by atoms with E-state index in [1.807, 2.05) is 166 Å². The van der Waals surface area contributed by atoms with Gasteiger partial charge in [0.15, 0.2) is 6.29 Å². The van der Waals surface area contributed by atoms with E-state index in [0.717, 1.165) is 33.4 Å². The van der Waals surface area contributed by atoms with Crippen LogP contribution in [-0.2, 0) is 10.8 Å². The van der Waals surface area contributed by atoms with Gasteiger partial charge in [-0.05, 0) is 56.3 Å². The van der Waals surface area contributed by atoms with Crippen LogP contribution in [0, 0.1) is 0 Å². The number of para-hydroxylation sites is 2. The molecule has 4 atom stereocenters. The molecule has 6 aromatic carbocycles. The summed E-state index contributed by atoms with van der Waals surface area (Å²) in [6.45, 7) is 12.2. The van der Waals surface area contributed by atoms with Crippen molar-refractivity contribution < 1.29 is 15.0 Å². The first-order chi connectivity index (χ1) is 27.1. The van der Waals surface area contributed by atoms with Crippen LogP contribution < -0.4 is 17.2 Å². The summed E-state index contributed by atoms with van der Waals surface area (Å²) in [5.74, 6) is 0.379. The van der Waals surface area contributed by atoms with Crippen molar-refractivity contribution in [3.63, 3.8) is 0 Å². The van der Waals surface area contributed by atoms with E-state index in [2.05, 4.69) is 20.8 Å². The van der Waals surface area contributed by atoms with Crippen molar-refractivity contribution in [3.8, 4) is 11.5 Å². The van der Waals surface area contributed by atoms with Gasteiger partial charge in [-0.2, -0.15) is 0 Å². The molecule has 0 aromatic heterocycles. The Hall–Kier alpha value is -5.86. The Morgan fingerprint density at radius 2 is 0.789 bits per heavy atom. The molecule has 6 aromatic rings. The normalized spacial score (nSPS) is 13.6. The first kappa shape index (κ1) is 43.9. The zero-order valence-corrected chi connectivity index (χ0v) is 34.0. The minimum atomic E-state index is -0.284. The van der Waals surface area contributed by atoms with Gasteiger partial charge in [0.25, 0.3) is 0 Å². The largest absolute Gasteiger partial charge is 0.507 e. The van der Waals surface area contributed by atoms with Gasteiger partial charge in [-0.15, -0.1) is 0 Å². The van der Waals surface area contributed by atoms with Gasteiger partial charge in [0.1, 0.15) is 11.5 Å². The van der Waals surface area contributed by atoms with Gasteiger partial charge in [-0.25, -0.2) is 0 Å². The summed E-state index contributed by atoms with van der Waals surface area (Å²) >= 11 is 0. The molecule has 0 aliphatic carbocycles. The molecule has 0 amide bonds. The van der Waals surface area contributed by atoms with E-state index in [0.29, 0.717) is 17.4 Å². The third kappa shape index (κ3) is 12.3. The Balaban J connectivity index is 0.000000209. The Morgan fingerprint density at radius 1 is 0.456 bits per heavy atom. The number of nitrogens with two attached hydrogens (primary N) is 3. The monoisotopic (exact) mass is 762 g/mol. The predicted octanol–water partition coefficient (Wildman–Crippen LogP) is 10.4. The van der Waals surface area contributed by atoms with Gasteiger partial charge in [0.2, 0.25) is 0 Å². The number of aldehydes is 1. The van der Waals surface area contributed by atoms with Crippen LogP contribution in [0.4, 0.5) is 0 Å². The van der Waals surface area contributed by atoms with Gasteiger partial charge in [-0.1, -0.05) is 187 Å². The molecule has 0 heterocycles. The van der Waals surface area contributed by atoms with E-state index in [4.69, 9.17) is 22.2 Å². The zero-order valence-electron chi connectivity index (χ0n) is 34.0. The minimum absolute atomic E-state index is 0.102. The molecule has 8 N–H and O–H groups in total. The quantitative estimate of drug-likeness (QED) is 0.0731. The van der Waals surface area contributed by atoms with E-state index >= 15 is 0 Å². The molecule has 7 heteroatoms. The van der Waals surface area contributed by atoms with E-state index in [1.54, 1.807) is 18.3 Å². The molecule has 0 fully saturated rings. The third-order valence-electron chi connectivity index (χ3n) is 9.67. The number of nitrogens with zero attached hydrogens (tertiary/aromatic N) is 1. The Morgan fingerprint density at radius 3 is 1.16 bits per heavy atom. The molecule has 0 radical (unpaired) electrons. The Labute approximate surface area is 339 Å². The van der Waals surface area contributed by atoms with Crippen LogP contribution in [0.3, 0.4) is 0 Å². The molecule has 0 aliphatic rings. The number of phenols is 2. The standard InChI is InChI=1S/C25H28N2O.C14H16N2.C11H14O2/c1-25(2,3)21-16-10-15-20(24(21)28)17-27-23(19-13-8-5-9-14-19)22(26)18-11-6-4-7-12-18;15-13(11-7-3-1-4-8-11)14(16)12-9-5-2-6-10-12;1-11(2,3)9-6-4-5-8(7-12)10(9)13/h4-17,22-23,28H,26H2,1-3H3;1-10,13-14H,15-16H2;4-7,13H,1-3H3/t22-,23?;13-,14?;/m11./s1. The molecule has 296 valence electrons. The number of phenolic OH excluding ortho intramolecular Hbond substituents is 2. The molecule has 0 saturated carbocycles. The first-order valence-corrected chi connectivity index (χ1v) is 19.2. The SMILES string of the molecule is CC(C)(C)c1cccc(C=NC(c2ccccc2)[C@H](N)c2ccccc2)c1O.CC(C)(C)c1cccc(C=O)c1O.NC(c1ccccc1)[C@H](N)c1ccccc1. The number of benzene rings is 6. The van der Waals surface area contributed by atoms with Crippen molar-refractivity contribution >= 4 is 12.5 Å². The second-order valence-corrected chi connectivity index (χ2v) is 16.0. The molecule has 0 spiro atoms. The number of carbonyl (C=O) groups excluding carboxylic acids is 1. The summed E-state index contributed by atoms with van der Waals surface area (Å²) in [7, 11) is 0. The zero-order chi connectivity index (χ0) is 41.6. The van der Waals surface area contributed by atoms with E-state index in [1.165, 1.54) is 0 Å². The molecule has 0 saturated heterocycles. The van der Waals surface area contributed by atoms with Gasteiger partial charge in [0, 0.05) is 23.9 Å². The van der Waals surface area contributed by atoms with Crippen molar-refractivity contribution in [1.29, 1.82) is 0 Å². The maximum Gasteiger partial charge on any atom is 0.153 e.